The molecule has 0 saturated heterocycles. The first-order chi connectivity index (χ1) is 9.44. The fourth-order valence-corrected chi connectivity index (χ4v) is 3.07. The Kier molecular flexibility index (Phi) is 4.10. The van der Waals surface area contributed by atoms with E-state index in [9.17, 15) is 13.2 Å². The van der Waals surface area contributed by atoms with Crippen LogP contribution >= 0.6 is 0 Å². The second-order valence-corrected chi connectivity index (χ2v) is 6.66. The SMILES string of the molecule is Cn1ccn(CCS(=O)(=O)c2ccc(CN)cc2)c1=O. The summed E-state index contributed by atoms with van der Waals surface area (Å²) < 4.78 is 27.1. The van der Waals surface area contributed by atoms with Crippen molar-refractivity contribution in [2.45, 2.75) is 18.0 Å². The van der Waals surface area contributed by atoms with E-state index >= 15 is 0 Å². The quantitative estimate of drug-likeness (QED) is 0.848. The van der Waals surface area contributed by atoms with Gasteiger partial charge in [-0.1, -0.05) is 12.1 Å². The van der Waals surface area contributed by atoms with E-state index < -0.39 is 9.84 Å². The minimum Gasteiger partial charge on any atom is -0.326 e. The maximum Gasteiger partial charge on any atom is 0.327 e. The summed E-state index contributed by atoms with van der Waals surface area (Å²) in [5.74, 6) is -0.112. The zero-order chi connectivity index (χ0) is 14.8. The Morgan fingerprint density at radius 2 is 1.80 bits per heavy atom. The van der Waals surface area contributed by atoms with Crippen molar-refractivity contribution < 1.29 is 8.42 Å². The lowest BCUT2D eigenvalue weighted by atomic mass is 10.2. The normalized spacial score (nSPS) is 11.7. The smallest absolute Gasteiger partial charge is 0.326 e. The number of imidazole rings is 1. The number of hydrogen-bond donors (Lipinski definition) is 1. The zero-order valence-corrected chi connectivity index (χ0v) is 12.0. The second kappa shape index (κ2) is 5.64. The molecule has 0 spiro atoms. The molecule has 0 atom stereocenters. The zero-order valence-electron chi connectivity index (χ0n) is 11.2. The molecule has 0 aliphatic heterocycles. The molecule has 6 nitrogen and oxygen atoms in total. The molecular weight excluding hydrogens is 278 g/mol. The van der Waals surface area contributed by atoms with Gasteiger partial charge in [0, 0.05) is 32.5 Å². The number of aryl methyl sites for hydroxylation is 2. The van der Waals surface area contributed by atoms with Crippen LogP contribution in [-0.4, -0.2) is 23.3 Å². The molecule has 20 heavy (non-hydrogen) atoms. The van der Waals surface area contributed by atoms with Crippen LogP contribution in [0.4, 0.5) is 0 Å². The van der Waals surface area contributed by atoms with Gasteiger partial charge >= 0.3 is 5.69 Å². The Hall–Kier alpha value is -1.86. The van der Waals surface area contributed by atoms with E-state index in [1.165, 1.54) is 9.13 Å². The predicted octanol–water partition coefficient (Wildman–Crippen LogP) is 0.119. The number of hydrogen-bond acceptors (Lipinski definition) is 4. The number of nitrogens with zero attached hydrogens (tertiary/aromatic N) is 2. The molecule has 1 heterocycles. The van der Waals surface area contributed by atoms with Gasteiger partial charge in [0.15, 0.2) is 9.84 Å². The molecular formula is C13H17N3O3S. The van der Waals surface area contributed by atoms with Crippen molar-refractivity contribution in [1.82, 2.24) is 9.13 Å². The topological polar surface area (TPSA) is 87.1 Å². The fourth-order valence-electron chi connectivity index (χ4n) is 1.85. The monoisotopic (exact) mass is 295 g/mol. The molecule has 0 fully saturated rings. The highest BCUT2D eigenvalue weighted by molar-refractivity contribution is 7.91. The summed E-state index contributed by atoms with van der Waals surface area (Å²) in [5, 5.41) is 0. The van der Waals surface area contributed by atoms with Crippen LogP contribution in [0.15, 0.2) is 46.3 Å². The Labute approximate surface area is 117 Å². The molecule has 7 heteroatoms. The molecule has 0 unspecified atom stereocenters. The van der Waals surface area contributed by atoms with Gasteiger partial charge < -0.3 is 10.3 Å². The van der Waals surface area contributed by atoms with E-state index in [1.54, 1.807) is 43.7 Å². The maximum atomic E-state index is 12.2. The van der Waals surface area contributed by atoms with E-state index in [2.05, 4.69) is 0 Å². The fraction of sp³-hybridized carbons (Fsp3) is 0.308. The van der Waals surface area contributed by atoms with Gasteiger partial charge in [-0.2, -0.15) is 0 Å². The number of benzene rings is 1. The maximum absolute atomic E-state index is 12.2. The van der Waals surface area contributed by atoms with Crippen molar-refractivity contribution in [3.63, 3.8) is 0 Å². The van der Waals surface area contributed by atoms with Crippen LogP contribution in [0, 0.1) is 0 Å². The molecule has 0 aliphatic carbocycles. The van der Waals surface area contributed by atoms with Gasteiger partial charge in [-0.25, -0.2) is 13.2 Å². The van der Waals surface area contributed by atoms with Gasteiger partial charge in [-0.15, -0.1) is 0 Å². The summed E-state index contributed by atoms with van der Waals surface area (Å²) in [7, 11) is -1.78. The third-order valence-electron chi connectivity index (χ3n) is 3.14. The van der Waals surface area contributed by atoms with Crippen LogP contribution in [0.25, 0.3) is 0 Å². The minimum absolute atomic E-state index is 0.112. The van der Waals surface area contributed by atoms with E-state index in [1.807, 2.05) is 0 Å². The number of sulfone groups is 1. The van der Waals surface area contributed by atoms with Gasteiger partial charge in [0.1, 0.15) is 0 Å². The van der Waals surface area contributed by atoms with E-state index in [0.29, 0.717) is 6.54 Å². The van der Waals surface area contributed by atoms with Crippen LogP contribution in [0.1, 0.15) is 5.56 Å². The van der Waals surface area contributed by atoms with Crippen molar-refractivity contribution in [3.8, 4) is 0 Å². The third-order valence-corrected chi connectivity index (χ3v) is 4.85. The van der Waals surface area contributed by atoms with E-state index in [4.69, 9.17) is 5.73 Å². The largest absolute Gasteiger partial charge is 0.327 e. The van der Waals surface area contributed by atoms with Crippen LogP contribution < -0.4 is 11.4 Å². The molecule has 2 aromatic rings. The van der Waals surface area contributed by atoms with Crippen LogP contribution in [0.2, 0.25) is 0 Å². The lowest BCUT2D eigenvalue weighted by Gasteiger charge is -2.05. The first-order valence-corrected chi connectivity index (χ1v) is 7.83. The van der Waals surface area contributed by atoms with Gasteiger partial charge in [0.25, 0.3) is 0 Å². The van der Waals surface area contributed by atoms with E-state index in [0.717, 1.165) is 5.56 Å². The van der Waals surface area contributed by atoms with E-state index in [-0.39, 0.29) is 22.9 Å². The lowest BCUT2D eigenvalue weighted by Crippen LogP contribution is -2.25. The summed E-state index contributed by atoms with van der Waals surface area (Å²) >= 11 is 0. The lowest BCUT2D eigenvalue weighted by molar-refractivity contribution is 0.586. The van der Waals surface area contributed by atoms with Crippen LogP contribution in [0.3, 0.4) is 0 Å². The molecule has 0 radical (unpaired) electrons. The van der Waals surface area contributed by atoms with Crippen molar-refractivity contribution in [1.29, 1.82) is 0 Å². The molecule has 108 valence electrons. The minimum atomic E-state index is -3.40. The van der Waals surface area contributed by atoms with Crippen molar-refractivity contribution in [3.05, 3.63) is 52.7 Å². The van der Waals surface area contributed by atoms with Crippen molar-refractivity contribution in [2.24, 2.45) is 12.8 Å². The predicted molar refractivity (Wildman–Crippen MR) is 76.1 cm³/mol. The summed E-state index contributed by atoms with van der Waals surface area (Å²) in [6, 6.07) is 6.49. The molecule has 2 N–H and O–H groups in total. The number of aromatic nitrogens is 2. The molecule has 2 rings (SSSR count). The van der Waals surface area contributed by atoms with Crippen molar-refractivity contribution in [2.75, 3.05) is 5.75 Å². The first-order valence-electron chi connectivity index (χ1n) is 6.17. The Morgan fingerprint density at radius 1 is 1.15 bits per heavy atom. The van der Waals surface area contributed by atoms with Gasteiger partial charge in [-0.3, -0.25) is 4.57 Å². The molecule has 1 aromatic heterocycles. The molecule has 0 amide bonds. The van der Waals surface area contributed by atoms with Gasteiger partial charge in [-0.05, 0) is 17.7 Å². The second-order valence-electron chi connectivity index (χ2n) is 4.55. The average Bonchev–Trinajstić information content (AvgIpc) is 2.77. The van der Waals surface area contributed by atoms with Gasteiger partial charge in [0.05, 0.1) is 10.6 Å². The standard InChI is InChI=1S/C13H17N3O3S/c1-15-6-7-16(13(15)17)8-9-20(18,19)12-4-2-11(10-14)3-5-12/h2-7H,8-10,14H2,1H3. The highest BCUT2D eigenvalue weighted by Gasteiger charge is 2.15. The highest BCUT2D eigenvalue weighted by Crippen LogP contribution is 2.12. The Balaban J connectivity index is 2.14. The van der Waals surface area contributed by atoms with Gasteiger partial charge in [0.2, 0.25) is 0 Å². The van der Waals surface area contributed by atoms with Crippen LogP contribution in [0.5, 0.6) is 0 Å². The average molecular weight is 295 g/mol. The third kappa shape index (κ3) is 3.00. The Bertz CT molecular complexity index is 742. The number of nitrogens with two attached hydrogens (primary N) is 1. The number of rotatable bonds is 5. The summed E-state index contributed by atoms with van der Waals surface area (Å²) in [6.45, 7) is 0.514. The highest BCUT2D eigenvalue weighted by atomic mass is 32.2. The molecule has 0 aliphatic rings. The summed E-state index contributed by atoms with van der Waals surface area (Å²) in [4.78, 5) is 11.9. The van der Waals surface area contributed by atoms with Crippen molar-refractivity contribution >= 4 is 9.84 Å². The summed E-state index contributed by atoms with van der Waals surface area (Å²) in [6.07, 6.45) is 3.18. The van der Waals surface area contributed by atoms with Crippen LogP contribution in [-0.2, 0) is 30.0 Å². The molecule has 1 aromatic carbocycles. The first kappa shape index (κ1) is 14.5. The summed E-state index contributed by atoms with van der Waals surface area (Å²) in [5.41, 5.74) is 6.13. The molecule has 0 bridgehead atoms. The molecule has 0 saturated carbocycles. The Morgan fingerprint density at radius 3 is 2.30 bits per heavy atom.